The lowest BCUT2D eigenvalue weighted by Crippen LogP contribution is -2.18. The summed E-state index contributed by atoms with van der Waals surface area (Å²) < 4.78 is 0. The van der Waals surface area contributed by atoms with Crippen LogP contribution in [0.3, 0.4) is 0 Å². The highest BCUT2D eigenvalue weighted by molar-refractivity contribution is 7.09. The van der Waals surface area contributed by atoms with Gasteiger partial charge in [-0.25, -0.2) is 9.97 Å². The number of hydrogen-bond donors (Lipinski definition) is 1. The van der Waals surface area contributed by atoms with Crippen molar-refractivity contribution in [2.75, 3.05) is 7.05 Å². The zero-order chi connectivity index (χ0) is 13.1. The quantitative estimate of drug-likeness (QED) is 0.915. The smallest absolute Gasteiger partial charge is 0.109 e. The molecule has 4 nitrogen and oxygen atoms in total. The molecule has 0 saturated heterocycles. The first-order valence-corrected chi connectivity index (χ1v) is 7.60. The van der Waals surface area contributed by atoms with Gasteiger partial charge in [0.15, 0.2) is 0 Å². The second-order valence-corrected chi connectivity index (χ2v) is 6.45. The fraction of sp³-hybridized carbons (Fsp3) is 0.500. The first-order valence-electron chi connectivity index (χ1n) is 5.84. The predicted octanol–water partition coefficient (Wildman–Crippen LogP) is 2.56. The van der Waals surface area contributed by atoms with E-state index in [0.717, 1.165) is 34.5 Å². The summed E-state index contributed by atoms with van der Waals surface area (Å²) in [5, 5.41) is 6.32. The molecule has 18 heavy (non-hydrogen) atoms. The average Bonchev–Trinajstić information content (AvgIpc) is 2.88. The molecule has 0 aliphatic rings. The largest absolute Gasteiger partial charge is 0.322 e. The Kier molecular flexibility index (Phi) is 4.45. The van der Waals surface area contributed by atoms with Crippen LogP contribution in [0, 0.1) is 6.92 Å². The standard InChI is InChI=1S/C12H18N4S2/c1-8(13)12-15-11(7-18-12)5-16(3)4-10-6-17-9(2)14-10/h6-8H,4-5,13H2,1-3H3. The Bertz CT molecular complexity index is 504. The molecule has 1 unspecified atom stereocenters. The minimum Gasteiger partial charge on any atom is -0.322 e. The van der Waals surface area contributed by atoms with E-state index in [1.54, 1.807) is 22.7 Å². The average molecular weight is 282 g/mol. The highest BCUT2D eigenvalue weighted by atomic mass is 32.1. The van der Waals surface area contributed by atoms with Crippen molar-refractivity contribution in [3.05, 3.63) is 32.2 Å². The monoisotopic (exact) mass is 282 g/mol. The third-order valence-corrected chi connectivity index (χ3v) is 4.41. The number of nitrogens with two attached hydrogens (primary N) is 1. The third kappa shape index (κ3) is 3.58. The van der Waals surface area contributed by atoms with Crippen molar-refractivity contribution in [1.29, 1.82) is 0 Å². The fourth-order valence-corrected chi connectivity index (χ4v) is 3.07. The first-order chi connectivity index (χ1) is 8.54. The van der Waals surface area contributed by atoms with E-state index in [9.17, 15) is 0 Å². The summed E-state index contributed by atoms with van der Waals surface area (Å²) in [5.74, 6) is 0. The van der Waals surface area contributed by atoms with E-state index in [-0.39, 0.29) is 6.04 Å². The van der Waals surface area contributed by atoms with Crippen molar-refractivity contribution in [3.8, 4) is 0 Å². The van der Waals surface area contributed by atoms with Gasteiger partial charge < -0.3 is 5.73 Å². The van der Waals surface area contributed by atoms with Crippen LogP contribution in [-0.2, 0) is 13.1 Å². The van der Waals surface area contributed by atoms with Crippen molar-refractivity contribution in [1.82, 2.24) is 14.9 Å². The number of hydrogen-bond acceptors (Lipinski definition) is 6. The summed E-state index contributed by atoms with van der Waals surface area (Å²) in [6.45, 7) is 5.68. The third-order valence-electron chi connectivity index (χ3n) is 2.49. The second kappa shape index (κ2) is 5.88. The Morgan fingerprint density at radius 2 is 1.83 bits per heavy atom. The summed E-state index contributed by atoms with van der Waals surface area (Å²) in [5.41, 5.74) is 8.02. The molecule has 0 fully saturated rings. The SMILES string of the molecule is Cc1nc(CN(C)Cc2csc(C(C)N)n2)cs1. The minimum absolute atomic E-state index is 0.0234. The molecule has 1 atom stereocenters. The zero-order valence-corrected chi connectivity index (χ0v) is 12.5. The lowest BCUT2D eigenvalue weighted by Gasteiger charge is -2.13. The van der Waals surface area contributed by atoms with Crippen LogP contribution >= 0.6 is 22.7 Å². The van der Waals surface area contributed by atoms with Crippen molar-refractivity contribution in [2.45, 2.75) is 33.0 Å². The van der Waals surface area contributed by atoms with Crippen LogP contribution in [0.4, 0.5) is 0 Å². The first kappa shape index (κ1) is 13.6. The highest BCUT2D eigenvalue weighted by Gasteiger charge is 2.09. The number of rotatable bonds is 5. The zero-order valence-electron chi connectivity index (χ0n) is 10.9. The molecule has 0 spiro atoms. The normalized spacial score (nSPS) is 13.2. The molecule has 0 radical (unpaired) electrons. The minimum atomic E-state index is 0.0234. The van der Waals surface area contributed by atoms with Crippen LogP contribution < -0.4 is 5.73 Å². The van der Waals surface area contributed by atoms with Gasteiger partial charge in [0.2, 0.25) is 0 Å². The van der Waals surface area contributed by atoms with Crippen molar-refractivity contribution in [2.24, 2.45) is 5.73 Å². The molecular formula is C12H18N4S2. The Morgan fingerprint density at radius 3 is 2.33 bits per heavy atom. The van der Waals surface area contributed by atoms with Crippen LogP contribution in [0.15, 0.2) is 10.8 Å². The molecule has 2 aromatic rings. The van der Waals surface area contributed by atoms with Gasteiger partial charge in [0.25, 0.3) is 0 Å². The molecule has 2 N–H and O–H groups in total. The Morgan fingerprint density at radius 1 is 1.22 bits per heavy atom. The van der Waals surface area contributed by atoms with E-state index in [1.165, 1.54) is 0 Å². The van der Waals surface area contributed by atoms with E-state index >= 15 is 0 Å². The van der Waals surface area contributed by atoms with Crippen LogP contribution in [-0.4, -0.2) is 21.9 Å². The Balaban J connectivity index is 1.92. The number of nitrogens with zero attached hydrogens (tertiary/aromatic N) is 3. The van der Waals surface area contributed by atoms with Gasteiger partial charge >= 0.3 is 0 Å². The Labute approximate surface area is 115 Å². The van der Waals surface area contributed by atoms with E-state index < -0.39 is 0 Å². The second-order valence-electron chi connectivity index (χ2n) is 4.50. The molecule has 0 amide bonds. The van der Waals surface area contributed by atoms with Crippen LogP contribution in [0.1, 0.15) is 34.4 Å². The van der Waals surface area contributed by atoms with E-state index in [2.05, 4.69) is 32.7 Å². The van der Waals surface area contributed by atoms with Gasteiger partial charge in [-0.15, -0.1) is 22.7 Å². The van der Waals surface area contributed by atoms with E-state index in [0.29, 0.717) is 0 Å². The summed E-state index contributed by atoms with van der Waals surface area (Å²) in [6, 6.07) is 0.0234. The molecule has 6 heteroatoms. The highest BCUT2D eigenvalue weighted by Crippen LogP contribution is 2.17. The van der Waals surface area contributed by atoms with Crippen LogP contribution in [0.25, 0.3) is 0 Å². The number of thiazole rings is 2. The van der Waals surface area contributed by atoms with Gasteiger partial charge in [0, 0.05) is 23.8 Å². The topological polar surface area (TPSA) is 55.0 Å². The van der Waals surface area contributed by atoms with Gasteiger partial charge in [0.05, 0.1) is 22.4 Å². The molecule has 2 heterocycles. The lowest BCUT2D eigenvalue weighted by atomic mass is 10.3. The molecule has 2 aromatic heterocycles. The van der Waals surface area contributed by atoms with Crippen molar-refractivity contribution >= 4 is 22.7 Å². The molecule has 98 valence electrons. The van der Waals surface area contributed by atoms with E-state index in [4.69, 9.17) is 5.73 Å². The summed E-state index contributed by atoms with van der Waals surface area (Å²) in [7, 11) is 2.08. The molecule has 0 aliphatic carbocycles. The van der Waals surface area contributed by atoms with Gasteiger partial charge in [-0.05, 0) is 20.9 Å². The number of aromatic nitrogens is 2. The number of aryl methyl sites for hydroxylation is 1. The maximum absolute atomic E-state index is 5.81. The van der Waals surface area contributed by atoms with Crippen LogP contribution in [0.2, 0.25) is 0 Å². The molecule has 0 bridgehead atoms. The Hall–Kier alpha value is -0.820. The molecule has 0 aliphatic heterocycles. The molecule has 2 rings (SSSR count). The van der Waals surface area contributed by atoms with Crippen LogP contribution in [0.5, 0.6) is 0 Å². The van der Waals surface area contributed by atoms with Gasteiger partial charge in [-0.2, -0.15) is 0 Å². The molecular weight excluding hydrogens is 264 g/mol. The maximum Gasteiger partial charge on any atom is 0.109 e. The van der Waals surface area contributed by atoms with Gasteiger partial charge in [-0.1, -0.05) is 0 Å². The van der Waals surface area contributed by atoms with Gasteiger partial charge in [0.1, 0.15) is 5.01 Å². The van der Waals surface area contributed by atoms with Gasteiger partial charge in [-0.3, -0.25) is 4.90 Å². The summed E-state index contributed by atoms with van der Waals surface area (Å²) in [6.07, 6.45) is 0. The van der Waals surface area contributed by atoms with Crippen molar-refractivity contribution in [3.63, 3.8) is 0 Å². The van der Waals surface area contributed by atoms with Crippen molar-refractivity contribution < 1.29 is 0 Å². The fourth-order valence-electron chi connectivity index (χ4n) is 1.69. The maximum atomic E-state index is 5.81. The lowest BCUT2D eigenvalue weighted by molar-refractivity contribution is 0.312. The molecule has 0 aromatic carbocycles. The van der Waals surface area contributed by atoms with E-state index in [1.807, 2.05) is 13.8 Å². The predicted molar refractivity (Wildman–Crippen MR) is 76.7 cm³/mol. The molecule has 0 saturated carbocycles. The summed E-state index contributed by atoms with van der Waals surface area (Å²) in [4.78, 5) is 11.2. The summed E-state index contributed by atoms with van der Waals surface area (Å²) >= 11 is 3.33.